The van der Waals surface area contributed by atoms with Gasteiger partial charge in [-0.05, 0) is 49.6 Å². The van der Waals surface area contributed by atoms with Crippen molar-refractivity contribution in [2.24, 2.45) is 0 Å². The number of rotatable bonds is 4. The van der Waals surface area contributed by atoms with Gasteiger partial charge in [-0.15, -0.1) is 0 Å². The number of H-pyrrole nitrogens is 1. The van der Waals surface area contributed by atoms with E-state index in [1.165, 1.54) is 12.8 Å². The molecule has 0 aliphatic carbocycles. The van der Waals surface area contributed by atoms with Crippen molar-refractivity contribution in [3.8, 4) is 0 Å². The second kappa shape index (κ2) is 6.84. The van der Waals surface area contributed by atoms with Gasteiger partial charge in [-0.25, -0.2) is 9.97 Å². The minimum atomic E-state index is -0.152. The molecule has 0 bridgehead atoms. The number of anilines is 1. The summed E-state index contributed by atoms with van der Waals surface area (Å²) >= 11 is 5.95. The number of benzene rings is 1. The Kier molecular flexibility index (Phi) is 4.40. The van der Waals surface area contributed by atoms with Gasteiger partial charge in [-0.1, -0.05) is 17.7 Å². The Bertz CT molecular complexity index is 963. The Morgan fingerprint density at radius 3 is 2.76 bits per heavy atom. The fourth-order valence-electron chi connectivity index (χ4n) is 3.25. The van der Waals surface area contributed by atoms with E-state index in [2.05, 4.69) is 27.0 Å². The number of aromatic amines is 1. The van der Waals surface area contributed by atoms with Crippen molar-refractivity contribution in [3.05, 3.63) is 63.3 Å². The first-order valence-electron chi connectivity index (χ1n) is 8.58. The van der Waals surface area contributed by atoms with Gasteiger partial charge in [0.2, 0.25) is 0 Å². The highest BCUT2D eigenvalue weighted by Gasteiger charge is 2.13. The Morgan fingerprint density at radius 2 is 1.92 bits per heavy atom. The van der Waals surface area contributed by atoms with Gasteiger partial charge >= 0.3 is 0 Å². The molecule has 3 aromatic rings. The van der Waals surface area contributed by atoms with Crippen LogP contribution in [0.4, 0.5) is 5.82 Å². The molecule has 5 nitrogen and oxygen atoms in total. The molecule has 0 spiro atoms. The molecular formula is C19H19ClN4O. The monoisotopic (exact) mass is 354 g/mol. The zero-order valence-corrected chi connectivity index (χ0v) is 14.6. The van der Waals surface area contributed by atoms with E-state index < -0.39 is 0 Å². The summed E-state index contributed by atoms with van der Waals surface area (Å²) in [6, 6.07) is 11.3. The van der Waals surface area contributed by atoms with Crippen LogP contribution in [0.2, 0.25) is 5.02 Å². The summed E-state index contributed by atoms with van der Waals surface area (Å²) in [6.07, 6.45) is 3.85. The van der Waals surface area contributed by atoms with Gasteiger partial charge in [0, 0.05) is 30.2 Å². The third-order valence-corrected chi connectivity index (χ3v) is 4.79. The van der Waals surface area contributed by atoms with Crippen LogP contribution in [-0.2, 0) is 12.8 Å². The molecule has 128 valence electrons. The zero-order valence-electron chi connectivity index (χ0n) is 13.8. The van der Waals surface area contributed by atoms with Crippen LogP contribution in [0, 0.1) is 0 Å². The summed E-state index contributed by atoms with van der Waals surface area (Å²) in [5.41, 5.74) is 1.53. The summed E-state index contributed by atoms with van der Waals surface area (Å²) in [7, 11) is 0. The lowest BCUT2D eigenvalue weighted by atomic mass is 10.2. The van der Waals surface area contributed by atoms with Crippen LogP contribution in [0.15, 0.2) is 41.2 Å². The predicted molar refractivity (Wildman–Crippen MR) is 100 cm³/mol. The third-order valence-electron chi connectivity index (χ3n) is 4.56. The van der Waals surface area contributed by atoms with Crippen LogP contribution < -0.4 is 10.5 Å². The largest absolute Gasteiger partial charge is 0.357 e. The van der Waals surface area contributed by atoms with Crippen LogP contribution in [0.1, 0.15) is 24.4 Å². The van der Waals surface area contributed by atoms with E-state index in [9.17, 15) is 4.79 Å². The van der Waals surface area contributed by atoms with Gasteiger partial charge in [-0.3, -0.25) is 4.79 Å². The lowest BCUT2D eigenvalue weighted by Crippen LogP contribution is -2.19. The fourth-order valence-corrected chi connectivity index (χ4v) is 3.42. The first-order valence-corrected chi connectivity index (χ1v) is 8.96. The number of pyridine rings is 1. The molecule has 6 heteroatoms. The highest BCUT2D eigenvalue weighted by molar-refractivity contribution is 6.31. The average molecular weight is 355 g/mol. The topological polar surface area (TPSA) is 61.9 Å². The Morgan fingerprint density at radius 1 is 1.08 bits per heavy atom. The predicted octanol–water partition coefficient (Wildman–Crippen LogP) is 3.36. The average Bonchev–Trinajstić information content (AvgIpc) is 3.16. The van der Waals surface area contributed by atoms with Gasteiger partial charge in [0.15, 0.2) is 0 Å². The highest BCUT2D eigenvalue weighted by Crippen LogP contribution is 2.18. The van der Waals surface area contributed by atoms with E-state index in [1.54, 1.807) is 18.2 Å². The Hall–Kier alpha value is -2.40. The van der Waals surface area contributed by atoms with Crippen LogP contribution in [-0.4, -0.2) is 28.0 Å². The van der Waals surface area contributed by atoms with E-state index in [0.717, 1.165) is 31.0 Å². The quantitative estimate of drug-likeness (QED) is 0.780. The molecule has 1 aromatic carbocycles. The number of fused-ring (bicyclic) bond motifs is 1. The maximum Gasteiger partial charge on any atom is 0.258 e. The fraction of sp³-hybridized carbons (Fsp3) is 0.316. The van der Waals surface area contributed by atoms with Gasteiger partial charge in [0.05, 0.1) is 10.9 Å². The molecule has 0 saturated carbocycles. The molecule has 2 aromatic heterocycles. The number of nitrogens with one attached hydrogen (secondary N) is 1. The van der Waals surface area contributed by atoms with Gasteiger partial charge in [0.25, 0.3) is 5.56 Å². The SMILES string of the molecule is O=c1[nH]c(CCc2cccc(N3CCCC3)n2)nc2ccc(Cl)cc12. The Balaban J connectivity index is 1.53. The van der Waals surface area contributed by atoms with Crippen molar-refractivity contribution in [1.82, 2.24) is 15.0 Å². The van der Waals surface area contributed by atoms with Crippen molar-refractivity contribution in [3.63, 3.8) is 0 Å². The molecule has 0 unspecified atom stereocenters. The summed E-state index contributed by atoms with van der Waals surface area (Å²) < 4.78 is 0. The molecule has 0 atom stereocenters. The lowest BCUT2D eigenvalue weighted by Gasteiger charge is -2.16. The minimum Gasteiger partial charge on any atom is -0.357 e. The van der Waals surface area contributed by atoms with Crippen molar-refractivity contribution < 1.29 is 0 Å². The molecule has 25 heavy (non-hydrogen) atoms. The summed E-state index contributed by atoms with van der Waals surface area (Å²) in [6.45, 7) is 2.16. The molecule has 4 rings (SSSR count). The molecule has 3 heterocycles. The zero-order chi connectivity index (χ0) is 17.2. The maximum absolute atomic E-state index is 12.2. The number of aromatic nitrogens is 3. The maximum atomic E-state index is 12.2. The minimum absolute atomic E-state index is 0.152. The normalized spacial score (nSPS) is 14.4. The van der Waals surface area contributed by atoms with E-state index in [-0.39, 0.29) is 5.56 Å². The number of hydrogen-bond acceptors (Lipinski definition) is 4. The third kappa shape index (κ3) is 3.51. The Labute approximate surface area is 150 Å². The smallest absolute Gasteiger partial charge is 0.258 e. The van der Waals surface area contributed by atoms with Crippen molar-refractivity contribution >= 4 is 28.3 Å². The standard InChI is InChI=1S/C19H19ClN4O/c20-13-6-8-16-15(12-13)19(25)23-17(22-16)9-7-14-4-3-5-18(21-14)24-10-1-2-11-24/h3-6,8,12H,1-2,7,9-11H2,(H,22,23,25). The molecule has 1 aliphatic rings. The van der Waals surface area contributed by atoms with Crippen molar-refractivity contribution in [2.75, 3.05) is 18.0 Å². The summed E-state index contributed by atoms with van der Waals surface area (Å²) in [5.74, 6) is 1.72. The van der Waals surface area contributed by atoms with E-state index in [0.29, 0.717) is 28.2 Å². The number of nitrogens with zero attached hydrogens (tertiary/aromatic N) is 3. The molecule has 1 fully saturated rings. The molecule has 1 aliphatic heterocycles. The number of halogens is 1. The molecular weight excluding hydrogens is 336 g/mol. The van der Waals surface area contributed by atoms with Crippen molar-refractivity contribution in [1.29, 1.82) is 0 Å². The van der Waals surface area contributed by atoms with Crippen LogP contribution in [0.25, 0.3) is 10.9 Å². The lowest BCUT2D eigenvalue weighted by molar-refractivity contribution is 0.829. The van der Waals surface area contributed by atoms with Crippen LogP contribution in [0.5, 0.6) is 0 Å². The summed E-state index contributed by atoms with van der Waals surface area (Å²) in [5, 5.41) is 1.06. The highest BCUT2D eigenvalue weighted by atomic mass is 35.5. The van der Waals surface area contributed by atoms with Crippen molar-refractivity contribution in [2.45, 2.75) is 25.7 Å². The van der Waals surface area contributed by atoms with Gasteiger partial charge < -0.3 is 9.88 Å². The van der Waals surface area contributed by atoms with E-state index >= 15 is 0 Å². The molecule has 1 saturated heterocycles. The first kappa shape index (κ1) is 16.1. The first-order chi connectivity index (χ1) is 12.2. The molecule has 0 amide bonds. The molecule has 0 radical (unpaired) electrons. The second-order valence-electron chi connectivity index (χ2n) is 6.36. The van der Waals surface area contributed by atoms with E-state index in [1.807, 2.05) is 6.07 Å². The number of hydrogen-bond donors (Lipinski definition) is 1. The summed E-state index contributed by atoms with van der Waals surface area (Å²) in [4.78, 5) is 26.7. The second-order valence-corrected chi connectivity index (χ2v) is 6.79. The van der Waals surface area contributed by atoms with E-state index in [4.69, 9.17) is 16.6 Å². The van der Waals surface area contributed by atoms with Gasteiger partial charge in [0.1, 0.15) is 11.6 Å². The van der Waals surface area contributed by atoms with Crippen LogP contribution in [0.3, 0.4) is 0 Å². The van der Waals surface area contributed by atoms with Gasteiger partial charge in [-0.2, -0.15) is 0 Å². The molecule has 1 N–H and O–H groups in total. The number of aryl methyl sites for hydroxylation is 2. The van der Waals surface area contributed by atoms with Crippen LogP contribution >= 0.6 is 11.6 Å².